The highest BCUT2D eigenvalue weighted by molar-refractivity contribution is 7.90. The lowest BCUT2D eigenvalue weighted by molar-refractivity contribution is 0.172. The summed E-state index contributed by atoms with van der Waals surface area (Å²) in [6.07, 6.45) is -0.816. The quantitative estimate of drug-likeness (QED) is 0.299. The molecule has 4 aromatic rings. The Balaban J connectivity index is 1.17. The first-order chi connectivity index (χ1) is 17.3. The molecule has 190 valence electrons. The third-order valence-corrected chi connectivity index (χ3v) is 8.15. The van der Waals surface area contributed by atoms with Gasteiger partial charge in [-0.25, -0.2) is 0 Å². The second kappa shape index (κ2) is 9.98. The Morgan fingerprint density at radius 1 is 1.11 bits per heavy atom. The Hall–Kier alpha value is -3.31. The van der Waals surface area contributed by atoms with Crippen LogP contribution in [0.4, 0.5) is 5.69 Å². The van der Waals surface area contributed by atoms with Crippen LogP contribution in [0.15, 0.2) is 60.7 Å². The van der Waals surface area contributed by atoms with Crippen LogP contribution in [0.1, 0.15) is 11.7 Å². The lowest BCUT2D eigenvalue weighted by Crippen LogP contribution is -2.44. The third-order valence-electron chi connectivity index (χ3n) is 6.29. The van der Waals surface area contributed by atoms with E-state index in [0.717, 1.165) is 22.2 Å². The van der Waals surface area contributed by atoms with E-state index in [1.165, 1.54) is 28.1 Å². The number of nitrogens with zero attached hydrogens (tertiary/aromatic N) is 2. The highest BCUT2D eigenvalue weighted by Crippen LogP contribution is 2.36. The zero-order valence-corrected chi connectivity index (χ0v) is 21.1. The third kappa shape index (κ3) is 4.72. The maximum Gasteiger partial charge on any atom is 0.303 e. The molecule has 10 heteroatoms. The van der Waals surface area contributed by atoms with Gasteiger partial charge in [-0.05, 0) is 35.9 Å². The first-order valence-corrected chi connectivity index (χ1v) is 13.2. The number of aromatic nitrogens is 1. The first kappa shape index (κ1) is 24.4. The minimum Gasteiger partial charge on any atom is -0.492 e. The second-order valence-corrected chi connectivity index (χ2v) is 11.0. The van der Waals surface area contributed by atoms with Crippen LogP contribution in [0, 0.1) is 0 Å². The Morgan fingerprint density at radius 2 is 1.92 bits per heavy atom. The molecular formula is C26H30N4O5S. The van der Waals surface area contributed by atoms with Crippen LogP contribution < -0.4 is 19.1 Å². The predicted molar refractivity (Wildman–Crippen MR) is 141 cm³/mol. The van der Waals surface area contributed by atoms with Crippen LogP contribution in [0.3, 0.4) is 0 Å². The number of aliphatic hydroxyl groups excluding tert-OH is 1. The van der Waals surface area contributed by atoms with Crippen molar-refractivity contribution in [3.05, 3.63) is 66.2 Å². The van der Waals surface area contributed by atoms with E-state index >= 15 is 0 Å². The van der Waals surface area contributed by atoms with Crippen molar-refractivity contribution in [2.75, 3.05) is 51.2 Å². The molecule has 1 aliphatic rings. The fourth-order valence-electron chi connectivity index (χ4n) is 4.38. The van der Waals surface area contributed by atoms with Crippen molar-refractivity contribution in [2.24, 2.45) is 0 Å². The summed E-state index contributed by atoms with van der Waals surface area (Å²) in [6, 6.07) is 19.3. The maximum atomic E-state index is 12.7. The van der Waals surface area contributed by atoms with E-state index in [-0.39, 0.29) is 13.2 Å². The fraction of sp³-hybridized carbons (Fsp3) is 0.308. The van der Waals surface area contributed by atoms with Gasteiger partial charge in [-0.1, -0.05) is 24.3 Å². The number of aromatic amines is 1. The zero-order valence-electron chi connectivity index (χ0n) is 20.3. The highest BCUT2D eigenvalue weighted by atomic mass is 32.2. The van der Waals surface area contributed by atoms with Gasteiger partial charge < -0.3 is 24.9 Å². The van der Waals surface area contributed by atoms with Crippen molar-refractivity contribution in [3.63, 3.8) is 0 Å². The lowest BCUT2D eigenvalue weighted by Gasteiger charge is -2.32. The maximum absolute atomic E-state index is 12.7. The fourth-order valence-corrected chi connectivity index (χ4v) is 5.47. The molecule has 0 spiro atoms. The molecule has 5 rings (SSSR count). The topological polar surface area (TPSA) is 107 Å². The average molecular weight is 511 g/mol. The van der Waals surface area contributed by atoms with Gasteiger partial charge in [0.15, 0.2) is 0 Å². The van der Waals surface area contributed by atoms with Crippen LogP contribution in [0.5, 0.6) is 11.5 Å². The molecule has 36 heavy (non-hydrogen) atoms. The van der Waals surface area contributed by atoms with Crippen molar-refractivity contribution in [1.82, 2.24) is 14.6 Å². The van der Waals surface area contributed by atoms with E-state index in [1.54, 1.807) is 18.2 Å². The lowest BCUT2D eigenvalue weighted by atomic mass is 10.1. The van der Waals surface area contributed by atoms with Crippen molar-refractivity contribution < 1.29 is 23.0 Å². The largest absolute Gasteiger partial charge is 0.492 e. The van der Waals surface area contributed by atoms with E-state index in [2.05, 4.69) is 28.5 Å². The number of aliphatic hydroxyl groups is 1. The number of ether oxygens (including phenoxy) is 2. The van der Waals surface area contributed by atoms with Gasteiger partial charge in [-0.15, -0.1) is 0 Å². The summed E-state index contributed by atoms with van der Waals surface area (Å²) < 4.78 is 39.4. The number of rotatable bonds is 9. The molecule has 1 aliphatic heterocycles. The number of hydrogen-bond acceptors (Lipinski definition) is 6. The molecule has 0 bridgehead atoms. The van der Waals surface area contributed by atoms with E-state index in [1.807, 2.05) is 24.3 Å². The summed E-state index contributed by atoms with van der Waals surface area (Å²) in [5.74, 6) is 1.25. The number of fused-ring (bicyclic) bond motifs is 4. The molecule has 0 fully saturated rings. The minimum atomic E-state index is -3.66. The molecule has 1 aromatic heterocycles. The molecule has 0 saturated heterocycles. The van der Waals surface area contributed by atoms with Gasteiger partial charge in [0.2, 0.25) is 0 Å². The molecule has 0 saturated carbocycles. The smallest absolute Gasteiger partial charge is 0.303 e. The van der Waals surface area contributed by atoms with Crippen LogP contribution in [-0.2, 0) is 10.2 Å². The molecule has 0 aliphatic carbocycles. The molecule has 1 unspecified atom stereocenters. The molecular weight excluding hydrogens is 480 g/mol. The molecule has 2 heterocycles. The minimum absolute atomic E-state index is 0.215. The number of benzene rings is 3. The Labute approximate surface area is 210 Å². The molecule has 3 N–H and O–H groups in total. The highest BCUT2D eigenvalue weighted by Gasteiger charge is 2.31. The summed E-state index contributed by atoms with van der Waals surface area (Å²) in [7, 11) is -0.671. The average Bonchev–Trinajstić information content (AvgIpc) is 3.25. The molecule has 0 radical (unpaired) electrons. The van der Waals surface area contributed by atoms with Crippen LogP contribution in [0.25, 0.3) is 21.8 Å². The summed E-state index contributed by atoms with van der Waals surface area (Å²) in [4.78, 5) is 3.41. The van der Waals surface area contributed by atoms with Crippen LogP contribution in [-0.4, -0.2) is 69.8 Å². The standard InChI is InChI=1S/C26H30N4O5S/c1-29(2)36(32,33)30-12-14-35-26-10-7-18(15-24(26)30)25(31)17-27-11-13-34-19-8-9-21-20-5-3-4-6-22(20)28-23(21)16-19/h3-10,15-16,25,27-28,31H,11-14,17H2,1-2H3. The Morgan fingerprint density at radius 3 is 2.75 bits per heavy atom. The first-order valence-electron chi connectivity index (χ1n) is 11.8. The van der Waals surface area contributed by atoms with Crippen molar-refractivity contribution in [2.45, 2.75) is 6.10 Å². The number of H-pyrrole nitrogens is 1. The van der Waals surface area contributed by atoms with Crippen molar-refractivity contribution >= 4 is 37.7 Å². The molecule has 3 aromatic carbocycles. The van der Waals surface area contributed by atoms with E-state index < -0.39 is 16.3 Å². The number of anilines is 1. The Bertz CT molecular complexity index is 1480. The predicted octanol–water partition coefficient (Wildman–Crippen LogP) is 3.03. The molecule has 1 atom stereocenters. The number of hydrogen-bond donors (Lipinski definition) is 3. The molecule has 9 nitrogen and oxygen atoms in total. The van der Waals surface area contributed by atoms with Gasteiger partial charge in [0.25, 0.3) is 0 Å². The van der Waals surface area contributed by atoms with Gasteiger partial charge >= 0.3 is 10.2 Å². The van der Waals surface area contributed by atoms with Crippen molar-refractivity contribution in [1.29, 1.82) is 0 Å². The second-order valence-electron chi connectivity index (χ2n) is 8.88. The summed E-state index contributed by atoms with van der Waals surface area (Å²) in [5.41, 5.74) is 3.16. The van der Waals surface area contributed by atoms with E-state index in [9.17, 15) is 13.5 Å². The van der Waals surface area contributed by atoms with Crippen LogP contribution >= 0.6 is 0 Å². The van der Waals surface area contributed by atoms with E-state index in [0.29, 0.717) is 36.7 Å². The van der Waals surface area contributed by atoms with Crippen molar-refractivity contribution in [3.8, 4) is 11.5 Å². The van der Waals surface area contributed by atoms with Gasteiger partial charge in [0.1, 0.15) is 24.7 Å². The van der Waals surface area contributed by atoms with Gasteiger partial charge in [0, 0.05) is 49.5 Å². The number of nitrogens with one attached hydrogen (secondary N) is 2. The summed E-state index contributed by atoms with van der Waals surface area (Å²) >= 11 is 0. The summed E-state index contributed by atoms with van der Waals surface area (Å²) in [5, 5.41) is 16.2. The SMILES string of the molecule is CN(C)S(=O)(=O)N1CCOc2ccc(C(O)CNCCOc3ccc4c(c3)[nH]c3ccccc34)cc21. The Kier molecular flexibility index (Phi) is 6.76. The normalized spacial score (nSPS) is 14.7. The molecule has 0 amide bonds. The van der Waals surface area contributed by atoms with Gasteiger partial charge in [-0.3, -0.25) is 4.31 Å². The van der Waals surface area contributed by atoms with Crippen LogP contribution in [0.2, 0.25) is 0 Å². The van der Waals surface area contributed by atoms with Gasteiger partial charge in [-0.2, -0.15) is 12.7 Å². The zero-order chi connectivity index (χ0) is 25.3. The monoisotopic (exact) mass is 510 g/mol. The number of para-hydroxylation sites is 1. The van der Waals surface area contributed by atoms with Gasteiger partial charge in [0.05, 0.1) is 23.9 Å². The van der Waals surface area contributed by atoms with E-state index in [4.69, 9.17) is 9.47 Å². The summed E-state index contributed by atoms with van der Waals surface area (Å²) in [6.45, 7) is 1.76.